The Balaban J connectivity index is 2.01. The highest BCUT2D eigenvalue weighted by Crippen LogP contribution is 2.20. The molecule has 0 aliphatic rings. The van der Waals surface area contributed by atoms with Gasteiger partial charge < -0.3 is 10.1 Å². The summed E-state index contributed by atoms with van der Waals surface area (Å²) in [5.41, 5.74) is 0.525. The number of nitriles is 1. The average molecular weight is 319 g/mol. The number of ether oxygens (including phenoxy) is 1. The van der Waals surface area contributed by atoms with Crippen LogP contribution in [0.25, 0.3) is 0 Å². The van der Waals surface area contributed by atoms with E-state index in [9.17, 15) is 9.18 Å². The Kier molecular flexibility index (Phi) is 4.97. The van der Waals surface area contributed by atoms with E-state index in [1.54, 1.807) is 31.2 Å². The minimum absolute atomic E-state index is 0.0321. The van der Waals surface area contributed by atoms with Crippen molar-refractivity contribution in [2.24, 2.45) is 0 Å². The molecule has 2 aromatic carbocycles. The average Bonchev–Trinajstić information content (AvgIpc) is 2.50. The second-order valence-electron chi connectivity index (χ2n) is 4.51. The Morgan fingerprint density at radius 2 is 2.00 bits per heavy atom. The number of anilines is 1. The van der Waals surface area contributed by atoms with E-state index in [2.05, 4.69) is 5.32 Å². The van der Waals surface area contributed by atoms with Gasteiger partial charge in [-0.2, -0.15) is 5.26 Å². The lowest BCUT2D eigenvalue weighted by Gasteiger charge is -2.15. The van der Waals surface area contributed by atoms with Crippen molar-refractivity contribution in [2.45, 2.75) is 13.0 Å². The Hall–Kier alpha value is -2.58. The Morgan fingerprint density at radius 1 is 1.32 bits per heavy atom. The number of hydrogen-bond donors (Lipinski definition) is 1. The van der Waals surface area contributed by atoms with E-state index >= 15 is 0 Å². The van der Waals surface area contributed by atoms with Gasteiger partial charge >= 0.3 is 0 Å². The SMILES string of the molecule is CC(Oc1ccc(C#N)cc1)C(=O)Nc1ccc(Cl)cc1F. The first-order chi connectivity index (χ1) is 10.5. The predicted octanol–water partition coefficient (Wildman–Crippen LogP) is 3.76. The summed E-state index contributed by atoms with van der Waals surface area (Å²) in [7, 11) is 0. The number of hydrogen-bond acceptors (Lipinski definition) is 3. The van der Waals surface area contributed by atoms with E-state index in [1.165, 1.54) is 12.1 Å². The first-order valence-corrected chi connectivity index (χ1v) is 6.80. The molecule has 1 unspecified atom stereocenters. The van der Waals surface area contributed by atoms with E-state index in [4.69, 9.17) is 21.6 Å². The molecule has 1 N–H and O–H groups in total. The third kappa shape index (κ3) is 3.96. The van der Waals surface area contributed by atoms with Gasteiger partial charge in [0.2, 0.25) is 0 Å². The zero-order chi connectivity index (χ0) is 16.1. The lowest BCUT2D eigenvalue weighted by Crippen LogP contribution is -2.30. The molecule has 4 nitrogen and oxygen atoms in total. The molecular formula is C16H12ClFN2O2. The third-order valence-electron chi connectivity index (χ3n) is 2.85. The Morgan fingerprint density at radius 3 is 2.59 bits per heavy atom. The first kappa shape index (κ1) is 15.8. The molecule has 2 rings (SSSR count). The highest BCUT2D eigenvalue weighted by molar-refractivity contribution is 6.30. The van der Waals surface area contributed by atoms with Gasteiger partial charge in [-0.15, -0.1) is 0 Å². The maximum Gasteiger partial charge on any atom is 0.265 e. The summed E-state index contributed by atoms with van der Waals surface area (Å²) in [5, 5.41) is 11.4. The van der Waals surface area contributed by atoms with Crippen molar-refractivity contribution in [1.29, 1.82) is 5.26 Å². The van der Waals surface area contributed by atoms with E-state index in [0.717, 1.165) is 6.07 Å². The zero-order valence-electron chi connectivity index (χ0n) is 11.6. The van der Waals surface area contributed by atoms with Crippen molar-refractivity contribution in [3.05, 3.63) is 58.9 Å². The van der Waals surface area contributed by atoms with Crippen molar-refractivity contribution in [2.75, 3.05) is 5.32 Å². The molecule has 0 fully saturated rings. The van der Waals surface area contributed by atoms with Gasteiger partial charge in [-0.3, -0.25) is 4.79 Å². The summed E-state index contributed by atoms with van der Waals surface area (Å²) in [5.74, 6) is -0.671. The van der Waals surface area contributed by atoms with E-state index in [-0.39, 0.29) is 10.7 Å². The van der Waals surface area contributed by atoms with E-state index in [0.29, 0.717) is 11.3 Å². The molecule has 6 heteroatoms. The predicted molar refractivity (Wildman–Crippen MR) is 81.3 cm³/mol. The minimum Gasteiger partial charge on any atom is -0.481 e. The fourth-order valence-electron chi connectivity index (χ4n) is 1.69. The zero-order valence-corrected chi connectivity index (χ0v) is 12.4. The molecule has 0 bridgehead atoms. The number of carbonyl (C=O) groups excluding carboxylic acids is 1. The number of halogens is 2. The smallest absolute Gasteiger partial charge is 0.265 e. The van der Waals surface area contributed by atoms with Crippen LogP contribution in [0.2, 0.25) is 5.02 Å². The van der Waals surface area contributed by atoms with Crippen LogP contribution in [0.4, 0.5) is 10.1 Å². The Bertz CT molecular complexity index is 726. The molecule has 112 valence electrons. The van der Waals surface area contributed by atoms with Gasteiger partial charge in [0.05, 0.1) is 17.3 Å². The molecule has 0 spiro atoms. The molecule has 0 radical (unpaired) electrons. The maximum atomic E-state index is 13.6. The number of nitrogens with zero attached hydrogens (tertiary/aromatic N) is 1. The lowest BCUT2D eigenvalue weighted by molar-refractivity contribution is -0.122. The molecule has 2 aromatic rings. The van der Waals surface area contributed by atoms with Gasteiger partial charge in [0.1, 0.15) is 11.6 Å². The van der Waals surface area contributed by atoms with Crippen LogP contribution in [-0.4, -0.2) is 12.0 Å². The Labute approximate surface area is 132 Å². The van der Waals surface area contributed by atoms with Crippen LogP contribution in [0, 0.1) is 17.1 Å². The standard InChI is InChI=1S/C16H12ClFN2O2/c1-10(22-13-5-2-11(9-19)3-6-13)16(21)20-15-7-4-12(17)8-14(15)18/h2-8,10H,1H3,(H,20,21). The molecular weight excluding hydrogens is 307 g/mol. The van der Waals surface area contributed by atoms with Gasteiger partial charge in [0.25, 0.3) is 5.91 Å². The molecule has 1 amide bonds. The first-order valence-electron chi connectivity index (χ1n) is 6.42. The molecule has 0 aliphatic carbocycles. The molecule has 0 aliphatic heterocycles. The van der Waals surface area contributed by atoms with Gasteiger partial charge in [-0.05, 0) is 49.4 Å². The van der Waals surface area contributed by atoms with Crippen LogP contribution >= 0.6 is 11.6 Å². The highest BCUT2D eigenvalue weighted by atomic mass is 35.5. The van der Waals surface area contributed by atoms with E-state index < -0.39 is 17.8 Å². The lowest BCUT2D eigenvalue weighted by atomic mass is 10.2. The molecule has 0 heterocycles. The third-order valence-corrected chi connectivity index (χ3v) is 3.09. The summed E-state index contributed by atoms with van der Waals surface area (Å²) in [6.07, 6.45) is -0.831. The number of nitrogens with one attached hydrogen (secondary N) is 1. The molecule has 0 saturated carbocycles. The van der Waals surface area contributed by atoms with Gasteiger partial charge in [0.15, 0.2) is 6.10 Å². The summed E-state index contributed by atoms with van der Waals surface area (Å²) in [6, 6.07) is 12.3. The normalized spacial score (nSPS) is 11.4. The summed E-state index contributed by atoms with van der Waals surface area (Å²) >= 11 is 5.65. The van der Waals surface area contributed by atoms with E-state index in [1.807, 2.05) is 6.07 Å². The summed E-state index contributed by atoms with van der Waals surface area (Å²) in [4.78, 5) is 12.0. The number of carbonyl (C=O) groups is 1. The quantitative estimate of drug-likeness (QED) is 0.933. The van der Waals surface area contributed by atoms with Gasteiger partial charge in [0, 0.05) is 5.02 Å². The second-order valence-corrected chi connectivity index (χ2v) is 4.95. The molecule has 0 saturated heterocycles. The van der Waals surface area contributed by atoms with Crippen molar-refractivity contribution in [1.82, 2.24) is 0 Å². The van der Waals surface area contributed by atoms with Crippen molar-refractivity contribution in [3.8, 4) is 11.8 Å². The molecule has 22 heavy (non-hydrogen) atoms. The summed E-state index contributed by atoms with van der Waals surface area (Å²) < 4.78 is 19.1. The largest absolute Gasteiger partial charge is 0.481 e. The fourth-order valence-corrected chi connectivity index (χ4v) is 1.85. The highest BCUT2D eigenvalue weighted by Gasteiger charge is 2.16. The molecule has 0 aromatic heterocycles. The van der Waals surface area contributed by atoms with Crippen LogP contribution < -0.4 is 10.1 Å². The monoisotopic (exact) mass is 318 g/mol. The van der Waals surface area contributed by atoms with Crippen LogP contribution in [0.1, 0.15) is 12.5 Å². The second kappa shape index (κ2) is 6.92. The maximum absolute atomic E-state index is 13.6. The van der Waals surface area contributed by atoms with Crippen LogP contribution in [-0.2, 0) is 4.79 Å². The van der Waals surface area contributed by atoms with Gasteiger partial charge in [-0.25, -0.2) is 4.39 Å². The van der Waals surface area contributed by atoms with Crippen LogP contribution in [0.5, 0.6) is 5.75 Å². The van der Waals surface area contributed by atoms with Crippen LogP contribution in [0.15, 0.2) is 42.5 Å². The van der Waals surface area contributed by atoms with Crippen LogP contribution in [0.3, 0.4) is 0 Å². The topological polar surface area (TPSA) is 62.1 Å². The minimum atomic E-state index is -0.831. The fraction of sp³-hybridized carbons (Fsp3) is 0.125. The van der Waals surface area contributed by atoms with Crippen molar-refractivity contribution >= 4 is 23.2 Å². The van der Waals surface area contributed by atoms with Crippen molar-refractivity contribution in [3.63, 3.8) is 0 Å². The summed E-state index contributed by atoms with van der Waals surface area (Å²) in [6.45, 7) is 1.54. The van der Waals surface area contributed by atoms with Crippen molar-refractivity contribution < 1.29 is 13.9 Å². The number of amides is 1. The molecule has 1 atom stereocenters. The van der Waals surface area contributed by atoms with Gasteiger partial charge in [-0.1, -0.05) is 11.6 Å². The number of benzene rings is 2. The number of rotatable bonds is 4.